The van der Waals surface area contributed by atoms with Crippen molar-refractivity contribution in [2.24, 2.45) is 0 Å². The zero-order chi connectivity index (χ0) is 16.8. The molecule has 1 fully saturated rings. The lowest BCUT2D eigenvalue weighted by atomic mass is 9.96. The summed E-state index contributed by atoms with van der Waals surface area (Å²) in [6, 6.07) is 10.4. The van der Waals surface area contributed by atoms with Gasteiger partial charge in [-0.2, -0.15) is 0 Å². The van der Waals surface area contributed by atoms with Crippen molar-refractivity contribution in [2.75, 3.05) is 13.1 Å². The number of β-amino-alcohol motifs (C(OH)–C–C–N with tert-alkyl or cyclic N) is 1. The Bertz CT molecular complexity index is 492. The topological polar surface area (TPSA) is 61.8 Å². The number of ether oxygens (including phenoxy) is 1. The van der Waals surface area contributed by atoms with E-state index >= 15 is 0 Å². The largest absolute Gasteiger partial charge is 0.447 e. The van der Waals surface area contributed by atoms with Gasteiger partial charge in [0.25, 0.3) is 0 Å². The Morgan fingerprint density at radius 2 is 2.09 bits per heavy atom. The van der Waals surface area contributed by atoms with E-state index in [0.717, 1.165) is 19.4 Å². The second kappa shape index (κ2) is 8.31. The Hall–Kier alpha value is -1.59. The lowest BCUT2D eigenvalue weighted by Crippen LogP contribution is -2.54. The first-order valence-electron chi connectivity index (χ1n) is 8.45. The fourth-order valence-corrected chi connectivity index (χ4v) is 3.19. The molecule has 0 aliphatic carbocycles. The molecular formula is C18H28N2O3. The Morgan fingerprint density at radius 3 is 2.65 bits per heavy atom. The van der Waals surface area contributed by atoms with Crippen LogP contribution in [0.15, 0.2) is 30.3 Å². The summed E-state index contributed by atoms with van der Waals surface area (Å²) in [6.45, 7) is 7.18. The number of likely N-dealkylation sites (tertiary alicyclic amines) is 1. The number of hydrogen-bond donors (Lipinski definition) is 2. The molecule has 0 radical (unpaired) electrons. The van der Waals surface area contributed by atoms with Gasteiger partial charge in [0.1, 0.15) is 0 Å². The average Bonchev–Trinajstić information content (AvgIpc) is 2.51. The van der Waals surface area contributed by atoms with Crippen molar-refractivity contribution in [3.63, 3.8) is 0 Å². The van der Waals surface area contributed by atoms with Crippen LogP contribution in [0.2, 0.25) is 0 Å². The van der Waals surface area contributed by atoms with Gasteiger partial charge in [0, 0.05) is 19.1 Å². The number of aliphatic hydroxyl groups excluding tert-OH is 1. The van der Waals surface area contributed by atoms with E-state index in [0.29, 0.717) is 12.6 Å². The Morgan fingerprint density at radius 1 is 1.39 bits per heavy atom. The third-order valence-corrected chi connectivity index (χ3v) is 4.27. The van der Waals surface area contributed by atoms with Gasteiger partial charge in [-0.3, -0.25) is 4.90 Å². The molecule has 1 aliphatic heterocycles. The van der Waals surface area contributed by atoms with Crippen molar-refractivity contribution >= 4 is 6.09 Å². The molecule has 0 bridgehead atoms. The third kappa shape index (κ3) is 4.94. The monoisotopic (exact) mass is 320 g/mol. The summed E-state index contributed by atoms with van der Waals surface area (Å²) in [5.41, 5.74) is 1.27. The van der Waals surface area contributed by atoms with E-state index in [2.05, 4.69) is 29.3 Å². The zero-order valence-electron chi connectivity index (χ0n) is 14.2. The van der Waals surface area contributed by atoms with Crippen LogP contribution < -0.4 is 5.32 Å². The molecule has 5 heteroatoms. The van der Waals surface area contributed by atoms with E-state index < -0.39 is 12.2 Å². The van der Waals surface area contributed by atoms with Gasteiger partial charge in [0.05, 0.1) is 18.2 Å². The molecule has 1 saturated heterocycles. The number of nitrogens with zero attached hydrogens (tertiary/aromatic N) is 1. The van der Waals surface area contributed by atoms with E-state index in [9.17, 15) is 9.90 Å². The van der Waals surface area contributed by atoms with Gasteiger partial charge < -0.3 is 15.2 Å². The molecule has 2 N–H and O–H groups in total. The van der Waals surface area contributed by atoms with Crippen LogP contribution in [0.25, 0.3) is 0 Å². The lowest BCUT2D eigenvalue weighted by molar-refractivity contribution is 0.0159. The molecular weight excluding hydrogens is 292 g/mol. The molecule has 23 heavy (non-hydrogen) atoms. The van der Waals surface area contributed by atoms with Gasteiger partial charge in [-0.1, -0.05) is 37.3 Å². The van der Waals surface area contributed by atoms with Crippen molar-refractivity contribution in [3.05, 3.63) is 35.9 Å². The summed E-state index contributed by atoms with van der Waals surface area (Å²) in [4.78, 5) is 14.0. The highest BCUT2D eigenvalue weighted by Gasteiger charge is 2.32. The van der Waals surface area contributed by atoms with E-state index in [1.807, 2.05) is 32.0 Å². The van der Waals surface area contributed by atoms with Gasteiger partial charge in [-0.25, -0.2) is 4.79 Å². The summed E-state index contributed by atoms with van der Waals surface area (Å²) in [5, 5.41) is 13.2. The van der Waals surface area contributed by atoms with Gasteiger partial charge in [-0.05, 0) is 32.3 Å². The summed E-state index contributed by atoms with van der Waals surface area (Å²) < 4.78 is 5.09. The highest BCUT2D eigenvalue weighted by molar-refractivity contribution is 5.67. The molecule has 1 unspecified atom stereocenters. The summed E-state index contributed by atoms with van der Waals surface area (Å²) in [5.74, 6) is 0. The number of piperidine rings is 1. The fraction of sp³-hybridized carbons (Fsp3) is 0.611. The Labute approximate surface area is 138 Å². The maximum Gasteiger partial charge on any atom is 0.407 e. The molecule has 5 nitrogen and oxygen atoms in total. The van der Waals surface area contributed by atoms with E-state index in [4.69, 9.17) is 4.74 Å². The number of nitrogens with one attached hydrogen (secondary N) is 1. The summed E-state index contributed by atoms with van der Waals surface area (Å²) in [7, 11) is 0. The van der Waals surface area contributed by atoms with Crippen LogP contribution in [-0.2, 0) is 4.74 Å². The van der Waals surface area contributed by atoms with Crippen molar-refractivity contribution < 1.29 is 14.6 Å². The summed E-state index contributed by atoms with van der Waals surface area (Å²) in [6.07, 6.45) is 0.519. The van der Waals surface area contributed by atoms with E-state index in [1.165, 1.54) is 5.56 Å². The second-order valence-corrected chi connectivity index (χ2v) is 6.39. The molecule has 1 aromatic rings. The predicted molar refractivity (Wildman–Crippen MR) is 90.2 cm³/mol. The highest BCUT2D eigenvalue weighted by Crippen LogP contribution is 2.27. The number of carbonyl (C=O) groups excluding carboxylic acids is 1. The molecule has 3 atom stereocenters. The first-order valence-corrected chi connectivity index (χ1v) is 8.45. The van der Waals surface area contributed by atoms with Crippen LogP contribution in [0.1, 0.15) is 45.2 Å². The average molecular weight is 320 g/mol. The maximum atomic E-state index is 11.7. The standard InChI is InChI=1S/C18H28N2O3/c1-4-16(14-8-6-5-7-9-14)20-11-10-15(17(21)12-20)19-18(22)23-13(2)3/h5-9,13,15-17,21H,4,10-12H2,1-3H3,(H,19,22)/t15-,16?,17-/m0/s1. The second-order valence-electron chi connectivity index (χ2n) is 6.39. The molecule has 128 valence electrons. The third-order valence-electron chi connectivity index (χ3n) is 4.27. The number of aliphatic hydroxyl groups is 1. The molecule has 1 amide bonds. The smallest absolute Gasteiger partial charge is 0.407 e. The van der Waals surface area contributed by atoms with Crippen molar-refractivity contribution in [2.45, 2.75) is 57.9 Å². The number of hydrogen-bond acceptors (Lipinski definition) is 4. The molecule has 0 saturated carbocycles. The van der Waals surface area contributed by atoms with Gasteiger partial charge in [0.15, 0.2) is 0 Å². The van der Waals surface area contributed by atoms with Crippen LogP contribution in [0, 0.1) is 0 Å². The quantitative estimate of drug-likeness (QED) is 0.876. The normalized spacial score (nSPS) is 23.5. The van der Waals surface area contributed by atoms with Crippen LogP contribution in [-0.4, -0.2) is 47.4 Å². The van der Waals surface area contributed by atoms with Crippen molar-refractivity contribution in [1.82, 2.24) is 10.2 Å². The van der Waals surface area contributed by atoms with E-state index in [-0.39, 0.29) is 12.1 Å². The molecule has 1 aromatic carbocycles. The number of benzene rings is 1. The molecule has 0 spiro atoms. The highest BCUT2D eigenvalue weighted by atomic mass is 16.6. The molecule has 1 heterocycles. The minimum Gasteiger partial charge on any atom is -0.447 e. The van der Waals surface area contributed by atoms with Crippen LogP contribution in [0.4, 0.5) is 4.79 Å². The minimum absolute atomic E-state index is 0.158. The molecule has 0 aromatic heterocycles. The maximum absolute atomic E-state index is 11.7. The number of alkyl carbamates (subject to hydrolysis) is 1. The first-order chi connectivity index (χ1) is 11.0. The Kier molecular flexibility index (Phi) is 6.42. The fourth-order valence-electron chi connectivity index (χ4n) is 3.19. The molecule has 1 aliphatic rings. The summed E-state index contributed by atoms with van der Waals surface area (Å²) >= 11 is 0. The van der Waals surface area contributed by atoms with Gasteiger partial charge in [0.2, 0.25) is 0 Å². The SMILES string of the molecule is CCC(c1ccccc1)N1CC[C@H](NC(=O)OC(C)C)[C@@H](O)C1. The van der Waals surface area contributed by atoms with Crippen LogP contribution >= 0.6 is 0 Å². The van der Waals surface area contributed by atoms with Gasteiger partial charge >= 0.3 is 6.09 Å². The van der Waals surface area contributed by atoms with Crippen LogP contribution in [0.3, 0.4) is 0 Å². The molecule has 2 rings (SSSR count). The Balaban J connectivity index is 1.93. The minimum atomic E-state index is -0.582. The van der Waals surface area contributed by atoms with Crippen molar-refractivity contribution in [3.8, 4) is 0 Å². The van der Waals surface area contributed by atoms with E-state index in [1.54, 1.807) is 0 Å². The predicted octanol–water partition coefficient (Wildman–Crippen LogP) is 2.71. The number of amides is 1. The zero-order valence-corrected chi connectivity index (χ0v) is 14.2. The van der Waals surface area contributed by atoms with Gasteiger partial charge in [-0.15, -0.1) is 0 Å². The van der Waals surface area contributed by atoms with Crippen molar-refractivity contribution in [1.29, 1.82) is 0 Å². The first kappa shape index (κ1) is 17.8. The lowest BCUT2D eigenvalue weighted by Gasteiger charge is -2.40. The number of rotatable bonds is 5. The number of carbonyl (C=O) groups is 1. The van der Waals surface area contributed by atoms with Crippen LogP contribution in [0.5, 0.6) is 0 Å².